The van der Waals surface area contributed by atoms with E-state index in [4.69, 9.17) is 32.7 Å². The van der Waals surface area contributed by atoms with Crippen molar-refractivity contribution < 1.29 is 9.47 Å². The Hall–Kier alpha value is -2.67. The molecule has 0 aliphatic rings. The third kappa shape index (κ3) is 4.05. The molecule has 0 fully saturated rings. The number of halogens is 2. The normalized spacial score (nSPS) is 11.2. The summed E-state index contributed by atoms with van der Waals surface area (Å²) >= 11 is 13.1. The van der Waals surface area contributed by atoms with Crippen LogP contribution in [0.3, 0.4) is 0 Å². The minimum Gasteiger partial charge on any atom is -0.456 e. The molecule has 3 aromatic heterocycles. The van der Waals surface area contributed by atoms with E-state index in [1.54, 1.807) is 12.3 Å². The highest BCUT2D eigenvalue weighted by atomic mass is 35.5. The van der Waals surface area contributed by atoms with Gasteiger partial charge in [-0.15, -0.1) is 10.2 Å². The van der Waals surface area contributed by atoms with Crippen LogP contribution < -0.4 is 4.74 Å². The van der Waals surface area contributed by atoms with Crippen LogP contribution in [0.2, 0.25) is 10.0 Å². The molecule has 6 nitrogen and oxygen atoms in total. The van der Waals surface area contributed by atoms with Gasteiger partial charge in [0, 0.05) is 36.3 Å². The topological polar surface area (TPSA) is 61.5 Å². The quantitative estimate of drug-likeness (QED) is 0.392. The van der Waals surface area contributed by atoms with Crippen molar-refractivity contribution in [3.8, 4) is 22.6 Å². The maximum atomic E-state index is 6.62. The standard InChI is InChI=1S/C21H18Cl2N4O2/c1-3-28-12-19-25-26-21-20(23)16(7-9-27(19)21)14-4-5-18(17(22)11-14)29-15-6-8-24-13(2)10-15/h4-11H,3,12H2,1-2H3. The van der Waals surface area contributed by atoms with Crippen molar-refractivity contribution in [2.75, 3.05) is 6.61 Å². The van der Waals surface area contributed by atoms with E-state index in [-0.39, 0.29) is 0 Å². The van der Waals surface area contributed by atoms with Gasteiger partial charge in [0.25, 0.3) is 0 Å². The summed E-state index contributed by atoms with van der Waals surface area (Å²) in [7, 11) is 0. The lowest BCUT2D eigenvalue weighted by Gasteiger charge is -2.11. The molecule has 0 radical (unpaired) electrons. The number of hydrogen-bond donors (Lipinski definition) is 0. The van der Waals surface area contributed by atoms with E-state index >= 15 is 0 Å². The number of nitrogens with zero attached hydrogens (tertiary/aromatic N) is 4. The van der Waals surface area contributed by atoms with Crippen LogP contribution in [0.15, 0.2) is 48.8 Å². The van der Waals surface area contributed by atoms with Gasteiger partial charge in [0.2, 0.25) is 0 Å². The highest BCUT2D eigenvalue weighted by molar-refractivity contribution is 6.36. The third-order valence-electron chi connectivity index (χ3n) is 4.36. The average molecular weight is 429 g/mol. The Labute approximate surface area is 178 Å². The maximum absolute atomic E-state index is 6.62. The van der Waals surface area contributed by atoms with Crippen molar-refractivity contribution in [2.45, 2.75) is 20.5 Å². The van der Waals surface area contributed by atoms with Crippen molar-refractivity contribution in [1.29, 1.82) is 0 Å². The number of fused-ring (bicyclic) bond motifs is 1. The summed E-state index contributed by atoms with van der Waals surface area (Å²) in [5, 5.41) is 9.34. The lowest BCUT2D eigenvalue weighted by Crippen LogP contribution is -1.99. The molecular formula is C21H18Cl2N4O2. The van der Waals surface area contributed by atoms with E-state index < -0.39 is 0 Å². The molecule has 0 aliphatic heterocycles. The second-order valence-corrected chi connectivity index (χ2v) is 7.16. The van der Waals surface area contributed by atoms with Crippen LogP contribution in [0.5, 0.6) is 11.5 Å². The summed E-state index contributed by atoms with van der Waals surface area (Å²) < 4.78 is 13.1. The van der Waals surface area contributed by atoms with Gasteiger partial charge in [0.05, 0.1) is 10.0 Å². The van der Waals surface area contributed by atoms with Crippen LogP contribution in [0, 0.1) is 6.92 Å². The summed E-state index contributed by atoms with van der Waals surface area (Å²) in [6, 6.07) is 11.1. The number of hydrogen-bond acceptors (Lipinski definition) is 5. The molecule has 0 saturated heterocycles. The maximum Gasteiger partial charge on any atom is 0.180 e. The number of aromatic nitrogens is 4. The predicted octanol–water partition coefficient (Wildman–Crippen LogP) is 5.74. The van der Waals surface area contributed by atoms with Crippen LogP contribution in [0.25, 0.3) is 16.8 Å². The lowest BCUT2D eigenvalue weighted by atomic mass is 10.1. The van der Waals surface area contributed by atoms with Crippen molar-refractivity contribution >= 4 is 28.8 Å². The van der Waals surface area contributed by atoms with E-state index in [2.05, 4.69) is 15.2 Å². The first-order valence-corrected chi connectivity index (χ1v) is 9.82. The molecule has 0 unspecified atom stereocenters. The number of aryl methyl sites for hydroxylation is 1. The third-order valence-corrected chi connectivity index (χ3v) is 5.03. The number of pyridine rings is 2. The number of benzene rings is 1. The lowest BCUT2D eigenvalue weighted by molar-refractivity contribution is 0.127. The first-order chi connectivity index (χ1) is 14.1. The monoisotopic (exact) mass is 428 g/mol. The fraction of sp³-hybridized carbons (Fsp3) is 0.190. The van der Waals surface area contributed by atoms with Gasteiger partial charge in [-0.3, -0.25) is 9.38 Å². The predicted molar refractivity (Wildman–Crippen MR) is 113 cm³/mol. The Bertz CT molecular complexity index is 1180. The Morgan fingerprint density at radius 3 is 2.69 bits per heavy atom. The molecule has 0 amide bonds. The van der Waals surface area contributed by atoms with Gasteiger partial charge < -0.3 is 9.47 Å². The van der Waals surface area contributed by atoms with E-state index in [0.29, 0.717) is 46.2 Å². The minimum absolute atomic E-state index is 0.375. The molecule has 0 atom stereocenters. The molecule has 0 bridgehead atoms. The molecule has 1 aromatic carbocycles. The molecule has 0 spiro atoms. The Balaban J connectivity index is 1.65. The zero-order valence-electron chi connectivity index (χ0n) is 15.9. The van der Waals surface area contributed by atoms with Crippen LogP contribution >= 0.6 is 23.2 Å². The van der Waals surface area contributed by atoms with Crippen LogP contribution in [0.4, 0.5) is 0 Å². The average Bonchev–Trinajstić information content (AvgIpc) is 3.12. The fourth-order valence-electron chi connectivity index (χ4n) is 2.95. The first kappa shape index (κ1) is 19.6. The van der Waals surface area contributed by atoms with Gasteiger partial charge in [-0.25, -0.2) is 0 Å². The molecular weight excluding hydrogens is 411 g/mol. The molecule has 4 aromatic rings. The van der Waals surface area contributed by atoms with Gasteiger partial charge in [0.15, 0.2) is 11.5 Å². The molecule has 8 heteroatoms. The van der Waals surface area contributed by atoms with Crippen molar-refractivity contribution in [3.05, 3.63) is 70.4 Å². The molecule has 0 N–H and O–H groups in total. The molecule has 0 aliphatic carbocycles. The molecule has 4 rings (SSSR count). The Kier molecular flexibility index (Phi) is 5.67. The largest absolute Gasteiger partial charge is 0.456 e. The molecule has 3 heterocycles. The van der Waals surface area contributed by atoms with Gasteiger partial charge in [-0.1, -0.05) is 29.3 Å². The molecule has 29 heavy (non-hydrogen) atoms. The Morgan fingerprint density at radius 1 is 1.07 bits per heavy atom. The van der Waals surface area contributed by atoms with Gasteiger partial charge in [-0.2, -0.15) is 0 Å². The number of rotatable bonds is 6. The summed E-state index contributed by atoms with van der Waals surface area (Å²) in [6.07, 6.45) is 3.57. The van der Waals surface area contributed by atoms with Crippen molar-refractivity contribution in [2.24, 2.45) is 0 Å². The highest BCUT2D eigenvalue weighted by Crippen LogP contribution is 2.36. The highest BCUT2D eigenvalue weighted by Gasteiger charge is 2.15. The fourth-order valence-corrected chi connectivity index (χ4v) is 3.47. The zero-order valence-corrected chi connectivity index (χ0v) is 17.4. The van der Waals surface area contributed by atoms with E-state index in [1.165, 1.54) is 0 Å². The summed E-state index contributed by atoms with van der Waals surface area (Å²) in [6.45, 7) is 4.81. The van der Waals surface area contributed by atoms with E-state index in [0.717, 1.165) is 16.8 Å². The zero-order chi connectivity index (χ0) is 20.4. The summed E-state index contributed by atoms with van der Waals surface area (Å²) in [4.78, 5) is 4.16. The molecule has 0 saturated carbocycles. The number of ether oxygens (including phenoxy) is 2. The van der Waals surface area contributed by atoms with E-state index in [9.17, 15) is 0 Å². The summed E-state index contributed by atoms with van der Waals surface area (Å²) in [5.74, 6) is 1.93. The molecule has 148 valence electrons. The van der Waals surface area contributed by atoms with Crippen molar-refractivity contribution in [1.82, 2.24) is 19.6 Å². The van der Waals surface area contributed by atoms with Crippen LogP contribution in [0.1, 0.15) is 18.4 Å². The summed E-state index contributed by atoms with van der Waals surface area (Å²) in [5.41, 5.74) is 3.10. The van der Waals surface area contributed by atoms with Crippen molar-refractivity contribution in [3.63, 3.8) is 0 Å². The second-order valence-electron chi connectivity index (χ2n) is 6.37. The SMILES string of the molecule is CCOCc1nnc2c(Cl)c(-c3ccc(Oc4ccnc(C)c4)c(Cl)c3)ccn12. The second kappa shape index (κ2) is 8.37. The van der Waals surface area contributed by atoms with Gasteiger partial charge in [-0.05, 0) is 43.7 Å². The first-order valence-electron chi connectivity index (χ1n) is 9.07. The van der Waals surface area contributed by atoms with Gasteiger partial charge in [0.1, 0.15) is 18.1 Å². The van der Waals surface area contributed by atoms with Crippen LogP contribution in [-0.2, 0) is 11.3 Å². The Morgan fingerprint density at radius 2 is 1.93 bits per heavy atom. The van der Waals surface area contributed by atoms with E-state index in [1.807, 2.05) is 54.8 Å². The van der Waals surface area contributed by atoms with Crippen LogP contribution in [-0.4, -0.2) is 26.2 Å². The minimum atomic E-state index is 0.375. The van der Waals surface area contributed by atoms with Gasteiger partial charge >= 0.3 is 0 Å². The smallest absolute Gasteiger partial charge is 0.180 e.